The molecule has 0 radical (unpaired) electrons. The van der Waals surface area contributed by atoms with Crippen LogP contribution in [-0.4, -0.2) is 46.9 Å². The molecule has 0 aliphatic carbocycles. The first kappa shape index (κ1) is 21.8. The van der Waals surface area contributed by atoms with E-state index >= 15 is 0 Å². The van der Waals surface area contributed by atoms with Gasteiger partial charge in [0.1, 0.15) is 25.0 Å². The molecule has 2 aromatic carbocycles. The Hall–Kier alpha value is -2.94. The van der Waals surface area contributed by atoms with Gasteiger partial charge in [0, 0.05) is 6.07 Å². The van der Waals surface area contributed by atoms with E-state index in [1.54, 1.807) is 44.4 Å². The molecular weight excluding hydrogens is 408 g/mol. The Morgan fingerprint density at radius 2 is 1.70 bits per heavy atom. The van der Waals surface area contributed by atoms with E-state index in [1.807, 2.05) is 19.1 Å². The molecule has 1 aliphatic heterocycles. The van der Waals surface area contributed by atoms with Crippen molar-refractivity contribution in [3.63, 3.8) is 0 Å². The second-order valence-electron chi connectivity index (χ2n) is 7.07. The van der Waals surface area contributed by atoms with Crippen LogP contribution in [0.5, 0.6) is 17.2 Å². The van der Waals surface area contributed by atoms with Crippen molar-refractivity contribution in [2.45, 2.75) is 25.9 Å². The molecule has 30 heavy (non-hydrogen) atoms. The molecule has 2 aromatic rings. The molecule has 8 nitrogen and oxygen atoms in total. The first-order valence-corrected chi connectivity index (χ1v) is 11.4. The molecule has 0 bridgehead atoms. The van der Waals surface area contributed by atoms with Crippen LogP contribution >= 0.6 is 0 Å². The van der Waals surface area contributed by atoms with Gasteiger partial charge in [-0.1, -0.05) is 12.1 Å². The number of anilines is 1. The summed E-state index contributed by atoms with van der Waals surface area (Å²) in [5.41, 5.74) is 1.21. The predicted octanol–water partition coefficient (Wildman–Crippen LogP) is 2.50. The van der Waals surface area contributed by atoms with Gasteiger partial charge >= 0.3 is 0 Å². The van der Waals surface area contributed by atoms with E-state index < -0.39 is 22.0 Å². The minimum absolute atomic E-state index is 0.312. The molecule has 0 saturated carbocycles. The highest BCUT2D eigenvalue weighted by molar-refractivity contribution is 7.92. The number of amides is 1. The Labute approximate surface area is 176 Å². The third-order valence-electron chi connectivity index (χ3n) is 4.84. The third-order valence-corrected chi connectivity index (χ3v) is 6.08. The van der Waals surface area contributed by atoms with E-state index in [0.717, 1.165) is 16.1 Å². The highest BCUT2D eigenvalue weighted by atomic mass is 32.2. The summed E-state index contributed by atoms with van der Waals surface area (Å²) in [6, 6.07) is 10.9. The Kier molecular flexibility index (Phi) is 6.40. The fourth-order valence-electron chi connectivity index (χ4n) is 3.29. The highest BCUT2D eigenvalue weighted by Gasteiger charge is 2.31. The smallest absolute Gasteiger partial charge is 0.244 e. The van der Waals surface area contributed by atoms with Crippen molar-refractivity contribution in [1.82, 2.24) is 5.32 Å². The average molecular weight is 435 g/mol. The summed E-state index contributed by atoms with van der Waals surface area (Å²) in [6.45, 7) is 4.20. The molecule has 0 saturated heterocycles. The van der Waals surface area contributed by atoms with Gasteiger partial charge in [-0.3, -0.25) is 9.10 Å². The van der Waals surface area contributed by atoms with Crippen LogP contribution in [0.4, 0.5) is 5.69 Å². The molecule has 3 rings (SSSR count). The third kappa shape index (κ3) is 4.79. The summed E-state index contributed by atoms with van der Waals surface area (Å²) in [7, 11) is -2.16. The number of carbonyl (C=O) groups is 1. The van der Waals surface area contributed by atoms with Gasteiger partial charge in [-0.05, 0) is 43.7 Å². The first-order chi connectivity index (χ1) is 14.2. The normalized spacial score (nSPS) is 15.1. The summed E-state index contributed by atoms with van der Waals surface area (Å²) < 4.78 is 42.3. The Morgan fingerprint density at radius 1 is 1.07 bits per heavy atom. The maximum absolute atomic E-state index is 12.9. The molecule has 162 valence electrons. The van der Waals surface area contributed by atoms with Gasteiger partial charge in [-0.2, -0.15) is 0 Å². The Bertz CT molecular complexity index is 1010. The second-order valence-corrected chi connectivity index (χ2v) is 8.93. The highest BCUT2D eigenvalue weighted by Crippen LogP contribution is 2.35. The molecule has 0 fully saturated rings. The summed E-state index contributed by atoms with van der Waals surface area (Å²) in [6.07, 6.45) is 1.07. The molecule has 1 heterocycles. The van der Waals surface area contributed by atoms with Crippen molar-refractivity contribution in [3.8, 4) is 17.2 Å². The Balaban J connectivity index is 1.81. The fraction of sp³-hybridized carbons (Fsp3) is 0.381. The predicted molar refractivity (Wildman–Crippen MR) is 114 cm³/mol. The van der Waals surface area contributed by atoms with Crippen LogP contribution in [0.15, 0.2) is 42.5 Å². The maximum Gasteiger partial charge on any atom is 0.244 e. The standard InChI is InChI=1S/C21H26N2O6S/c1-14(16-5-8-18(27-3)9-6-16)22-21(24)15(2)23(30(4,25)26)17-7-10-19-20(13-17)29-12-11-28-19/h5-10,13-15H,11-12H2,1-4H3,(H,22,24)/t14-,15-/m1/s1. The van der Waals surface area contributed by atoms with Crippen molar-refractivity contribution < 1.29 is 27.4 Å². The van der Waals surface area contributed by atoms with Gasteiger partial charge in [0.15, 0.2) is 11.5 Å². The van der Waals surface area contributed by atoms with E-state index in [2.05, 4.69) is 5.32 Å². The SMILES string of the molecule is COc1ccc([C@@H](C)NC(=O)[C@@H](C)N(c2ccc3c(c2)OCCO3)S(C)(=O)=O)cc1. The zero-order valence-corrected chi connectivity index (χ0v) is 18.2. The van der Waals surface area contributed by atoms with E-state index in [9.17, 15) is 13.2 Å². The maximum atomic E-state index is 12.9. The van der Waals surface area contributed by atoms with Crippen LogP contribution in [0.2, 0.25) is 0 Å². The number of fused-ring (bicyclic) bond motifs is 1. The molecule has 2 atom stereocenters. The van der Waals surface area contributed by atoms with Crippen molar-refractivity contribution in [2.75, 3.05) is 30.9 Å². The zero-order valence-electron chi connectivity index (χ0n) is 17.4. The first-order valence-electron chi connectivity index (χ1n) is 9.54. The molecule has 0 unspecified atom stereocenters. The minimum atomic E-state index is -3.74. The topological polar surface area (TPSA) is 94.2 Å². The van der Waals surface area contributed by atoms with Gasteiger partial charge in [0.05, 0.1) is 25.1 Å². The van der Waals surface area contributed by atoms with E-state index in [0.29, 0.717) is 36.1 Å². The average Bonchev–Trinajstić information content (AvgIpc) is 2.72. The lowest BCUT2D eigenvalue weighted by Crippen LogP contribution is -2.48. The molecule has 0 spiro atoms. The van der Waals surface area contributed by atoms with Crippen LogP contribution in [0.25, 0.3) is 0 Å². The summed E-state index contributed by atoms with van der Waals surface area (Å²) in [4.78, 5) is 12.9. The molecule has 0 aromatic heterocycles. The second kappa shape index (κ2) is 8.83. The van der Waals surface area contributed by atoms with Crippen LogP contribution in [0.3, 0.4) is 0 Å². The monoisotopic (exact) mass is 434 g/mol. The van der Waals surface area contributed by atoms with Crippen LogP contribution in [0, 0.1) is 0 Å². The number of hydrogen-bond donors (Lipinski definition) is 1. The van der Waals surface area contributed by atoms with Crippen LogP contribution in [-0.2, 0) is 14.8 Å². The van der Waals surface area contributed by atoms with Gasteiger partial charge < -0.3 is 19.5 Å². The molecule has 1 aliphatic rings. The summed E-state index contributed by atoms with van der Waals surface area (Å²) in [5, 5.41) is 2.88. The number of ether oxygens (including phenoxy) is 3. The number of hydrogen-bond acceptors (Lipinski definition) is 6. The van der Waals surface area contributed by atoms with Crippen LogP contribution in [0.1, 0.15) is 25.5 Å². The van der Waals surface area contributed by atoms with E-state index in [4.69, 9.17) is 14.2 Å². The quantitative estimate of drug-likeness (QED) is 0.720. The van der Waals surface area contributed by atoms with Crippen molar-refractivity contribution in [1.29, 1.82) is 0 Å². The van der Waals surface area contributed by atoms with Crippen molar-refractivity contribution >= 4 is 21.6 Å². The molecule has 9 heteroatoms. The lowest BCUT2D eigenvalue weighted by molar-refractivity contribution is -0.122. The van der Waals surface area contributed by atoms with E-state index in [-0.39, 0.29) is 6.04 Å². The largest absolute Gasteiger partial charge is 0.497 e. The van der Waals surface area contributed by atoms with Gasteiger partial charge in [-0.25, -0.2) is 8.42 Å². The van der Waals surface area contributed by atoms with Crippen LogP contribution < -0.4 is 23.8 Å². The number of methoxy groups -OCH3 is 1. The lowest BCUT2D eigenvalue weighted by atomic mass is 10.1. The van der Waals surface area contributed by atoms with Gasteiger partial charge in [-0.15, -0.1) is 0 Å². The van der Waals surface area contributed by atoms with Crippen molar-refractivity contribution in [2.24, 2.45) is 0 Å². The number of carbonyl (C=O) groups excluding carboxylic acids is 1. The molecule has 1 N–H and O–H groups in total. The lowest BCUT2D eigenvalue weighted by Gasteiger charge is -2.30. The van der Waals surface area contributed by atoms with Crippen molar-refractivity contribution in [3.05, 3.63) is 48.0 Å². The number of sulfonamides is 1. The zero-order chi connectivity index (χ0) is 21.9. The summed E-state index contributed by atoms with van der Waals surface area (Å²) >= 11 is 0. The Morgan fingerprint density at radius 3 is 2.30 bits per heavy atom. The number of rotatable bonds is 7. The van der Waals surface area contributed by atoms with Gasteiger partial charge in [0.2, 0.25) is 15.9 Å². The summed E-state index contributed by atoms with van der Waals surface area (Å²) in [5.74, 6) is 1.29. The number of benzene rings is 2. The molecular formula is C21H26N2O6S. The number of nitrogens with zero attached hydrogens (tertiary/aromatic N) is 1. The number of nitrogens with one attached hydrogen (secondary N) is 1. The molecule has 1 amide bonds. The fourth-order valence-corrected chi connectivity index (χ4v) is 4.45. The van der Waals surface area contributed by atoms with E-state index in [1.165, 1.54) is 0 Å². The minimum Gasteiger partial charge on any atom is -0.497 e. The van der Waals surface area contributed by atoms with Gasteiger partial charge in [0.25, 0.3) is 0 Å².